The van der Waals surface area contributed by atoms with E-state index in [1.807, 2.05) is 0 Å². The van der Waals surface area contributed by atoms with Gasteiger partial charge in [-0.05, 0) is 96.9 Å². The number of anilines is 1. The van der Waals surface area contributed by atoms with Gasteiger partial charge in [-0.1, -0.05) is 35.3 Å². The van der Waals surface area contributed by atoms with Crippen LogP contribution < -0.4 is 4.31 Å². The Morgan fingerprint density at radius 2 is 1.74 bits per heavy atom. The van der Waals surface area contributed by atoms with Crippen molar-refractivity contribution in [3.8, 4) is 0 Å². The molecule has 3 aromatic carbocycles. The van der Waals surface area contributed by atoms with E-state index in [-0.39, 0.29) is 53.4 Å². The molecular formula is C33H29BrCl2N2O7S. The van der Waals surface area contributed by atoms with E-state index in [2.05, 4.69) is 15.9 Å². The van der Waals surface area contributed by atoms with Gasteiger partial charge < -0.3 is 18.5 Å². The molecule has 2 heterocycles. The number of esters is 1. The van der Waals surface area contributed by atoms with Crippen LogP contribution in [0.1, 0.15) is 51.6 Å². The summed E-state index contributed by atoms with van der Waals surface area (Å²) in [7, 11) is -4.16. The zero-order valence-electron chi connectivity index (χ0n) is 25.1. The molecule has 0 N–H and O–H groups in total. The Balaban J connectivity index is 1.56. The van der Waals surface area contributed by atoms with Gasteiger partial charge >= 0.3 is 5.97 Å². The molecule has 0 radical (unpaired) electrons. The molecule has 0 aliphatic rings. The van der Waals surface area contributed by atoms with Gasteiger partial charge in [-0.25, -0.2) is 13.2 Å². The largest absolute Gasteiger partial charge is 0.466 e. The van der Waals surface area contributed by atoms with Gasteiger partial charge in [0, 0.05) is 29.1 Å². The molecule has 0 fully saturated rings. The number of halogens is 3. The lowest BCUT2D eigenvalue weighted by Gasteiger charge is -2.29. The average Bonchev–Trinajstić information content (AvgIpc) is 3.59. The Bertz CT molecular complexity index is 2040. The van der Waals surface area contributed by atoms with Crippen LogP contribution in [0.3, 0.4) is 0 Å². The number of aryl methyl sites for hydroxylation is 1. The Morgan fingerprint density at radius 3 is 2.41 bits per heavy atom. The summed E-state index contributed by atoms with van der Waals surface area (Å²) < 4.78 is 46.8. The third-order valence-electron chi connectivity index (χ3n) is 7.33. The summed E-state index contributed by atoms with van der Waals surface area (Å²) >= 11 is 16.3. The lowest BCUT2D eigenvalue weighted by molar-refractivity contribution is 0.0491. The molecule has 46 heavy (non-hydrogen) atoms. The highest BCUT2D eigenvalue weighted by molar-refractivity contribution is 9.10. The average molecular weight is 748 g/mol. The van der Waals surface area contributed by atoms with Gasteiger partial charge in [-0.3, -0.25) is 9.10 Å². The fourth-order valence-electron chi connectivity index (χ4n) is 5.09. The van der Waals surface area contributed by atoms with Crippen LogP contribution in [0.15, 0.2) is 91.2 Å². The predicted octanol–water partition coefficient (Wildman–Crippen LogP) is 8.64. The number of sulfonamides is 1. The van der Waals surface area contributed by atoms with E-state index < -0.39 is 16.0 Å². The summed E-state index contributed by atoms with van der Waals surface area (Å²) in [5.41, 5.74) is 1.91. The lowest BCUT2D eigenvalue weighted by atomic mass is 10.1. The number of fused-ring (bicyclic) bond motifs is 1. The lowest BCUT2D eigenvalue weighted by Crippen LogP contribution is -2.34. The van der Waals surface area contributed by atoms with Crippen molar-refractivity contribution in [2.45, 2.75) is 38.8 Å². The normalized spacial score (nSPS) is 11.5. The number of benzene rings is 3. The van der Waals surface area contributed by atoms with E-state index in [0.29, 0.717) is 43.0 Å². The molecule has 0 atom stereocenters. The second kappa shape index (κ2) is 13.9. The molecule has 9 nitrogen and oxygen atoms in total. The maximum Gasteiger partial charge on any atom is 0.374 e. The van der Waals surface area contributed by atoms with Crippen molar-refractivity contribution >= 4 is 77.7 Å². The van der Waals surface area contributed by atoms with Crippen LogP contribution in [0.5, 0.6) is 0 Å². The third kappa shape index (κ3) is 6.69. The number of hydrogen-bond acceptors (Lipinski definition) is 7. The van der Waals surface area contributed by atoms with Gasteiger partial charge in [-0.15, -0.1) is 0 Å². The van der Waals surface area contributed by atoms with E-state index in [9.17, 15) is 18.0 Å². The number of rotatable bonds is 11. The monoisotopic (exact) mass is 746 g/mol. The van der Waals surface area contributed by atoms with Crippen LogP contribution in [0, 0.1) is 6.92 Å². The maximum atomic E-state index is 14.2. The molecule has 5 rings (SSSR count). The number of hydrogen-bond donors (Lipinski definition) is 0. The minimum Gasteiger partial charge on any atom is -0.466 e. The highest BCUT2D eigenvalue weighted by atomic mass is 79.9. The zero-order chi connectivity index (χ0) is 33.2. The molecule has 5 aromatic rings. The summed E-state index contributed by atoms with van der Waals surface area (Å²) in [4.78, 5) is 27.8. The van der Waals surface area contributed by atoms with Crippen LogP contribution in [-0.4, -0.2) is 38.3 Å². The van der Waals surface area contributed by atoms with E-state index in [0.717, 1.165) is 0 Å². The smallest absolute Gasteiger partial charge is 0.374 e. The second-order valence-corrected chi connectivity index (χ2v) is 13.8. The van der Waals surface area contributed by atoms with Gasteiger partial charge in [0.1, 0.15) is 11.3 Å². The van der Waals surface area contributed by atoms with Crippen molar-refractivity contribution in [3.05, 3.63) is 116 Å². The Morgan fingerprint density at radius 1 is 0.978 bits per heavy atom. The van der Waals surface area contributed by atoms with Crippen molar-refractivity contribution < 1.29 is 31.6 Å². The van der Waals surface area contributed by atoms with Crippen molar-refractivity contribution in [2.75, 3.05) is 17.5 Å². The molecule has 2 aromatic heterocycles. The van der Waals surface area contributed by atoms with Crippen LogP contribution in [-0.2, 0) is 27.8 Å². The SMILES string of the molecule is CCOC(=O)c1oc2ccc(S(=O)(=O)N(CC)c3ccc(Cl)cc3CN(Cc3occc3Br)C(=O)c3ccccc3Cl)cc2c1C. The first-order valence-electron chi connectivity index (χ1n) is 14.2. The van der Waals surface area contributed by atoms with Crippen LogP contribution in [0.4, 0.5) is 5.69 Å². The molecule has 1 amide bonds. The molecule has 13 heteroatoms. The van der Waals surface area contributed by atoms with Crippen LogP contribution in [0.25, 0.3) is 11.0 Å². The van der Waals surface area contributed by atoms with Crippen LogP contribution in [0.2, 0.25) is 10.0 Å². The molecule has 0 bridgehead atoms. The standard InChI is InChI=1S/C33H29BrCl2N2O7S/c1-4-38(46(41,42)23-11-13-29-25(17-23)20(3)31(45-29)33(40)43-5-2)28-12-10-22(35)16-21(28)18-37(19-30-26(34)14-15-44-30)32(39)24-8-6-7-9-27(24)36/h6-17H,4-5,18-19H2,1-3H3. The molecule has 0 unspecified atom stereocenters. The predicted molar refractivity (Wildman–Crippen MR) is 180 cm³/mol. The molecule has 0 saturated carbocycles. The minimum absolute atomic E-state index is 0.00873. The van der Waals surface area contributed by atoms with Crippen LogP contribution >= 0.6 is 39.1 Å². The first kappa shape index (κ1) is 33.6. The zero-order valence-corrected chi connectivity index (χ0v) is 29.0. The minimum atomic E-state index is -4.16. The van der Waals surface area contributed by atoms with Crippen molar-refractivity contribution in [2.24, 2.45) is 0 Å². The fourth-order valence-corrected chi connectivity index (χ4v) is 7.37. The van der Waals surface area contributed by atoms with Crippen molar-refractivity contribution in [1.82, 2.24) is 4.90 Å². The molecule has 0 aliphatic heterocycles. The number of nitrogens with zero attached hydrogens (tertiary/aromatic N) is 2. The highest BCUT2D eigenvalue weighted by Crippen LogP contribution is 2.34. The van der Waals surface area contributed by atoms with Gasteiger partial charge in [0.25, 0.3) is 15.9 Å². The van der Waals surface area contributed by atoms with Crippen molar-refractivity contribution in [3.63, 3.8) is 0 Å². The summed E-state index contributed by atoms with van der Waals surface area (Å²) in [5.74, 6) is -0.497. The third-order valence-corrected chi connectivity index (χ3v) is 10.5. The van der Waals surface area contributed by atoms with Gasteiger partial charge in [0.15, 0.2) is 0 Å². The van der Waals surface area contributed by atoms with Gasteiger partial charge in [0.05, 0.1) is 45.1 Å². The number of amides is 1. The van der Waals surface area contributed by atoms with E-state index in [4.69, 9.17) is 36.8 Å². The van der Waals surface area contributed by atoms with Crippen molar-refractivity contribution in [1.29, 1.82) is 0 Å². The summed E-state index contributed by atoms with van der Waals surface area (Å²) in [6, 6.07) is 17.7. The number of ether oxygens (including phenoxy) is 1. The van der Waals surface area contributed by atoms with E-state index >= 15 is 0 Å². The molecule has 0 saturated heterocycles. The van der Waals surface area contributed by atoms with Gasteiger partial charge in [-0.2, -0.15) is 0 Å². The Labute approximate surface area is 284 Å². The first-order chi connectivity index (χ1) is 22.0. The molecule has 0 spiro atoms. The number of furan rings is 2. The molecular weight excluding hydrogens is 719 g/mol. The molecule has 240 valence electrons. The van der Waals surface area contributed by atoms with Gasteiger partial charge in [0.2, 0.25) is 5.76 Å². The quantitative estimate of drug-likeness (QED) is 0.124. The molecule has 0 aliphatic carbocycles. The summed E-state index contributed by atoms with van der Waals surface area (Å²) in [6.45, 7) is 5.34. The van der Waals surface area contributed by atoms with E-state index in [1.54, 1.807) is 69.3 Å². The number of carbonyl (C=O) groups excluding carboxylic acids is 2. The summed E-state index contributed by atoms with van der Waals surface area (Å²) in [6.07, 6.45) is 1.50. The Hall–Kier alpha value is -3.77. The maximum absolute atomic E-state index is 14.2. The second-order valence-electron chi connectivity index (χ2n) is 10.2. The Kier molecular flexibility index (Phi) is 10.2. The van der Waals surface area contributed by atoms with E-state index in [1.165, 1.54) is 33.7 Å². The highest BCUT2D eigenvalue weighted by Gasteiger charge is 2.29. The number of carbonyl (C=O) groups is 2. The topological polar surface area (TPSA) is 110 Å². The summed E-state index contributed by atoms with van der Waals surface area (Å²) in [5, 5.41) is 1.10. The fraction of sp³-hybridized carbons (Fsp3) is 0.212. The first-order valence-corrected chi connectivity index (χ1v) is 17.2.